The van der Waals surface area contributed by atoms with Crippen molar-refractivity contribution in [3.05, 3.63) is 46.6 Å². The Morgan fingerprint density at radius 3 is 2.76 bits per heavy atom. The number of carbonyl (C=O) groups is 1. The van der Waals surface area contributed by atoms with Crippen molar-refractivity contribution in [2.45, 2.75) is 19.3 Å². The highest BCUT2D eigenvalue weighted by Crippen LogP contribution is 2.40. The lowest BCUT2D eigenvalue weighted by atomic mass is 10.1. The Bertz CT molecular complexity index is 1170. The zero-order valence-electron chi connectivity index (χ0n) is 17.7. The van der Waals surface area contributed by atoms with Gasteiger partial charge in [0.15, 0.2) is 11.4 Å². The van der Waals surface area contributed by atoms with Crippen LogP contribution in [0.3, 0.4) is 0 Å². The standard InChI is InChI=1S/C21H20ClF3N4O4/c1-3-32-20(30)12-9-14(22)18(26-10-12)29-8-7-28(11-16(29)31-2)19-17-13(21(23,24)25)5-4-6-15(17)33-27-19/h4-6,9-10,16H,3,7-8,11H2,1-2H3. The monoisotopic (exact) mass is 484 g/mol. The van der Waals surface area contributed by atoms with Gasteiger partial charge in [0.2, 0.25) is 0 Å². The topological polar surface area (TPSA) is 80.9 Å². The second kappa shape index (κ2) is 9.06. The normalized spacial score (nSPS) is 17.0. The SMILES string of the molecule is CCOC(=O)c1cnc(N2CCN(c3noc4cccc(C(F)(F)F)c34)CC2OC)c(Cl)c1. The number of piperazine rings is 1. The molecule has 0 radical (unpaired) electrons. The smallest absolute Gasteiger partial charge is 0.417 e. The molecule has 1 aliphatic heterocycles. The van der Waals surface area contributed by atoms with E-state index in [2.05, 4.69) is 10.1 Å². The number of hydrogen-bond acceptors (Lipinski definition) is 8. The van der Waals surface area contributed by atoms with Crippen LogP contribution >= 0.6 is 11.6 Å². The maximum absolute atomic E-state index is 13.6. The van der Waals surface area contributed by atoms with E-state index in [1.54, 1.807) is 16.7 Å². The minimum atomic E-state index is -4.56. The molecule has 1 atom stereocenters. The molecular formula is C21H20ClF3N4O4. The summed E-state index contributed by atoms with van der Waals surface area (Å²) in [5, 5.41) is 4.04. The Hall–Kier alpha value is -3.05. The zero-order valence-corrected chi connectivity index (χ0v) is 18.5. The third-order valence-electron chi connectivity index (χ3n) is 5.30. The molecule has 1 saturated heterocycles. The number of benzene rings is 1. The number of alkyl halides is 3. The number of carbonyl (C=O) groups excluding carboxylic acids is 1. The van der Waals surface area contributed by atoms with Gasteiger partial charge in [0.05, 0.1) is 34.7 Å². The van der Waals surface area contributed by atoms with Gasteiger partial charge in [-0.2, -0.15) is 13.2 Å². The lowest BCUT2D eigenvalue weighted by molar-refractivity contribution is -0.136. The average molecular weight is 485 g/mol. The fraction of sp³-hybridized carbons (Fsp3) is 0.381. The fourth-order valence-electron chi connectivity index (χ4n) is 3.78. The lowest BCUT2D eigenvalue weighted by Gasteiger charge is -2.41. The highest BCUT2D eigenvalue weighted by Gasteiger charge is 2.37. The first-order valence-corrected chi connectivity index (χ1v) is 10.4. The van der Waals surface area contributed by atoms with Crippen LogP contribution in [0.15, 0.2) is 35.0 Å². The van der Waals surface area contributed by atoms with Crippen molar-refractivity contribution in [2.24, 2.45) is 0 Å². The van der Waals surface area contributed by atoms with E-state index in [1.165, 1.54) is 31.5 Å². The van der Waals surface area contributed by atoms with Crippen molar-refractivity contribution >= 4 is 40.2 Å². The molecule has 0 saturated carbocycles. The Labute approximate surface area is 191 Å². The van der Waals surface area contributed by atoms with Crippen LogP contribution in [-0.4, -0.2) is 55.7 Å². The van der Waals surface area contributed by atoms with Crippen molar-refractivity contribution in [2.75, 3.05) is 43.2 Å². The molecule has 1 fully saturated rings. The number of pyridine rings is 1. The molecule has 0 amide bonds. The van der Waals surface area contributed by atoms with Crippen LogP contribution in [0, 0.1) is 0 Å². The van der Waals surface area contributed by atoms with E-state index in [9.17, 15) is 18.0 Å². The van der Waals surface area contributed by atoms with Crippen molar-refractivity contribution in [3.63, 3.8) is 0 Å². The van der Waals surface area contributed by atoms with Gasteiger partial charge in [0.1, 0.15) is 12.0 Å². The molecular weight excluding hydrogens is 465 g/mol. The molecule has 0 N–H and O–H groups in total. The molecule has 8 nitrogen and oxygen atoms in total. The highest BCUT2D eigenvalue weighted by molar-refractivity contribution is 6.33. The van der Waals surface area contributed by atoms with Crippen LogP contribution in [0.1, 0.15) is 22.8 Å². The van der Waals surface area contributed by atoms with E-state index >= 15 is 0 Å². The molecule has 1 aliphatic rings. The van der Waals surface area contributed by atoms with E-state index in [0.717, 1.165) is 6.07 Å². The molecule has 0 spiro atoms. The number of ether oxygens (including phenoxy) is 2. The summed E-state index contributed by atoms with van der Waals surface area (Å²) in [6, 6.07) is 5.19. The van der Waals surface area contributed by atoms with Gasteiger partial charge < -0.3 is 23.8 Å². The molecule has 2 aromatic heterocycles. The second-order valence-corrected chi connectivity index (χ2v) is 7.67. The molecule has 1 aromatic carbocycles. The lowest BCUT2D eigenvalue weighted by Crippen LogP contribution is -2.54. The minimum Gasteiger partial charge on any atom is -0.462 e. The van der Waals surface area contributed by atoms with Crippen LogP contribution in [0.2, 0.25) is 5.02 Å². The summed E-state index contributed by atoms with van der Waals surface area (Å²) in [4.78, 5) is 19.7. The first-order valence-electron chi connectivity index (χ1n) is 10.1. The number of fused-ring (bicyclic) bond motifs is 1. The van der Waals surface area contributed by atoms with Gasteiger partial charge in [0, 0.05) is 26.4 Å². The highest BCUT2D eigenvalue weighted by atomic mass is 35.5. The molecule has 176 valence electrons. The number of hydrogen-bond donors (Lipinski definition) is 0. The largest absolute Gasteiger partial charge is 0.462 e. The maximum Gasteiger partial charge on any atom is 0.417 e. The third kappa shape index (κ3) is 4.42. The zero-order chi connectivity index (χ0) is 23.8. The van der Waals surface area contributed by atoms with Gasteiger partial charge in [-0.15, -0.1) is 0 Å². The van der Waals surface area contributed by atoms with Crippen molar-refractivity contribution in [1.82, 2.24) is 10.1 Å². The van der Waals surface area contributed by atoms with Gasteiger partial charge in [-0.1, -0.05) is 22.8 Å². The average Bonchev–Trinajstić information content (AvgIpc) is 3.22. The van der Waals surface area contributed by atoms with Gasteiger partial charge in [-0.25, -0.2) is 9.78 Å². The number of rotatable bonds is 5. The first-order chi connectivity index (χ1) is 15.7. The van der Waals surface area contributed by atoms with Crippen LogP contribution in [0.25, 0.3) is 11.0 Å². The summed E-state index contributed by atoms with van der Waals surface area (Å²) < 4.78 is 56.4. The van der Waals surface area contributed by atoms with Crippen LogP contribution in [0.5, 0.6) is 0 Å². The van der Waals surface area contributed by atoms with E-state index in [4.69, 9.17) is 25.6 Å². The van der Waals surface area contributed by atoms with Gasteiger partial charge in [0.25, 0.3) is 0 Å². The van der Waals surface area contributed by atoms with Crippen LogP contribution < -0.4 is 9.80 Å². The molecule has 33 heavy (non-hydrogen) atoms. The molecule has 0 aliphatic carbocycles. The molecule has 3 heterocycles. The van der Waals surface area contributed by atoms with E-state index in [0.29, 0.717) is 18.9 Å². The quantitative estimate of drug-likeness (QED) is 0.494. The number of esters is 1. The van der Waals surface area contributed by atoms with E-state index < -0.39 is 23.9 Å². The predicted octanol–water partition coefficient (Wildman–Crippen LogP) is 4.37. The molecule has 4 rings (SSSR count). The van der Waals surface area contributed by atoms with Crippen LogP contribution in [-0.2, 0) is 15.7 Å². The van der Waals surface area contributed by atoms with Crippen molar-refractivity contribution < 1.29 is 32.0 Å². The van der Waals surface area contributed by atoms with Crippen LogP contribution in [0.4, 0.5) is 24.8 Å². The summed E-state index contributed by atoms with van der Waals surface area (Å²) in [6.07, 6.45) is -3.79. The number of nitrogens with zero attached hydrogens (tertiary/aromatic N) is 4. The Balaban J connectivity index is 1.61. The summed E-state index contributed by atoms with van der Waals surface area (Å²) in [7, 11) is 1.48. The summed E-state index contributed by atoms with van der Waals surface area (Å²) >= 11 is 6.38. The Morgan fingerprint density at radius 1 is 1.30 bits per heavy atom. The third-order valence-corrected chi connectivity index (χ3v) is 5.58. The summed E-state index contributed by atoms with van der Waals surface area (Å²) in [5.41, 5.74) is -0.547. The second-order valence-electron chi connectivity index (χ2n) is 7.26. The summed E-state index contributed by atoms with van der Waals surface area (Å²) in [5.74, 6) is -0.0570. The first kappa shape index (κ1) is 23.1. The number of methoxy groups -OCH3 is 1. The van der Waals surface area contributed by atoms with Crippen molar-refractivity contribution in [3.8, 4) is 0 Å². The number of aromatic nitrogens is 2. The van der Waals surface area contributed by atoms with Gasteiger partial charge >= 0.3 is 12.1 Å². The number of halogens is 4. The van der Waals surface area contributed by atoms with Gasteiger partial charge in [-0.05, 0) is 25.1 Å². The molecule has 12 heteroatoms. The Morgan fingerprint density at radius 2 is 2.09 bits per heavy atom. The van der Waals surface area contributed by atoms with E-state index in [-0.39, 0.29) is 40.5 Å². The Kier molecular flexibility index (Phi) is 6.35. The van der Waals surface area contributed by atoms with Gasteiger partial charge in [-0.3, -0.25) is 0 Å². The fourth-order valence-corrected chi connectivity index (χ4v) is 4.06. The molecule has 0 bridgehead atoms. The predicted molar refractivity (Wildman–Crippen MR) is 115 cm³/mol. The van der Waals surface area contributed by atoms with Crippen molar-refractivity contribution in [1.29, 1.82) is 0 Å². The maximum atomic E-state index is 13.6. The number of anilines is 2. The molecule has 3 aromatic rings. The summed E-state index contributed by atoms with van der Waals surface area (Å²) in [6.45, 7) is 2.73. The minimum absolute atomic E-state index is 0.0514. The van der Waals surface area contributed by atoms with E-state index in [1.807, 2.05) is 0 Å². The molecule has 1 unspecified atom stereocenters.